The molecule has 0 heterocycles. The largest absolute Gasteiger partial charge is 0.379 e. The molecule has 0 aliphatic carbocycles. The molecule has 0 aliphatic rings. The van der Waals surface area contributed by atoms with Crippen LogP contribution in [0.15, 0.2) is 0 Å². The molecule has 33 heavy (non-hydrogen) atoms. The lowest BCUT2D eigenvalue weighted by molar-refractivity contribution is -0.00869. The highest BCUT2D eigenvalue weighted by molar-refractivity contribution is 4.52. The number of hydrogen-bond donors (Lipinski definition) is 0. The lowest BCUT2D eigenvalue weighted by Gasteiger charge is -2.13. The third-order valence-corrected chi connectivity index (χ3v) is 6.90. The Labute approximate surface area is 210 Å². The van der Waals surface area contributed by atoms with Gasteiger partial charge in [0.2, 0.25) is 0 Å². The van der Waals surface area contributed by atoms with Gasteiger partial charge in [-0.1, -0.05) is 155 Å². The second-order valence-corrected chi connectivity index (χ2v) is 10.5. The number of rotatable bonds is 29. The predicted octanol–water partition coefficient (Wildman–Crippen LogP) is 10.8. The first-order chi connectivity index (χ1) is 16.3. The van der Waals surface area contributed by atoms with Crippen LogP contribution in [0.5, 0.6) is 0 Å². The minimum Gasteiger partial charge on any atom is -0.379 e. The Morgan fingerprint density at radius 1 is 0.394 bits per heavy atom. The van der Waals surface area contributed by atoms with E-state index in [1.807, 2.05) is 0 Å². The molecule has 0 saturated carbocycles. The molecule has 200 valence electrons. The van der Waals surface area contributed by atoms with Gasteiger partial charge in [-0.3, -0.25) is 0 Å². The molecule has 0 aromatic carbocycles. The van der Waals surface area contributed by atoms with Crippen LogP contribution in [-0.4, -0.2) is 25.9 Å². The van der Waals surface area contributed by atoms with Gasteiger partial charge in [-0.05, 0) is 19.8 Å². The molecular formula is C31H64O2. The van der Waals surface area contributed by atoms with E-state index in [2.05, 4.69) is 20.8 Å². The fraction of sp³-hybridized carbons (Fsp3) is 1.00. The monoisotopic (exact) mass is 468 g/mol. The maximum Gasteiger partial charge on any atom is 0.0780 e. The van der Waals surface area contributed by atoms with E-state index in [4.69, 9.17) is 9.47 Å². The zero-order valence-electron chi connectivity index (χ0n) is 23.5. The van der Waals surface area contributed by atoms with Gasteiger partial charge in [0.25, 0.3) is 0 Å². The molecule has 0 radical (unpaired) electrons. The first-order valence-electron chi connectivity index (χ1n) is 15.5. The molecule has 0 aliphatic heterocycles. The first kappa shape index (κ1) is 32.9. The third-order valence-electron chi connectivity index (χ3n) is 6.90. The Kier molecular flexibility index (Phi) is 29.9. The Morgan fingerprint density at radius 2 is 0.697 bits per heavy atom. The normalized spacial score (nSPS) is 12.5. The van der Waals surface area contributed by atoms with Crippen LogP contribution in [0, 0.1) is 0 Å². The van der Waals surface area contributed by atoms with Gasteiger partial charge in [-0.15, -0.1) is 0 Å². The zero-order valence-corrected chi connectivity index (χ0v) is 23.5. The molecule has 0 N–H and O–H groups in total. The van der Waals surface area contributed by atoms with Gasteiger partial charge in [0.05, 0.1) is 12.7 Å². The van der Waals surface area contributed by atoms with E-state index in [1.165, 1.54) is 154 Å². The summed E-state index contributed by atoms with van der Waals surface area (Å²) in [4.78, 5) is 0. The van der Waals surface area contributed by atoms with Crippen molar-refractivity contribution in [1.29, 1.82) is 0 Å². The number of hydrogen-bond acceptors (Lipinski definition) is 2. The summed E-state index contributed by atoms with van der Waals surface area (Å²) in [5.74, 6) is 0. The van der Waals surface area contributed by atoms with Crippen LogP contribution in [0.2, 0.25) is 0 Å². The molecular weight excluding hydrogens is 404 g/mol. The van der Waals surface area contributed by atoms with Crippen LogP contribution in [-0.2, 0) is 9.47 Å². The smallest absolute Gasteiger partial charge is 0.0780 e. The maximum absolute atomic E-state index is 5.92. The van der Waals surface area contributed by atoms with Crippen molar-refractivity contribution < 1.29 is 9.47 Å². The van der Waals surface area contributed by atoms with Gasteiger partial charge in [-0.25, -0.2) is 0 Å². The van der Waals surface area contributed by atoms with Gasteiger partial charge >= 0.3 is 0 Å². The second-order valence-electron chi connectivity index (χ2n) is 10.5. The summed E-state index contributed by atoms with van der Waals surface area (Å²) in [6.45, 7) is 9.31. The topological polar surface area (TPSA) is 18.5 Å². The summed E-state index contributed by atoms with van der Waals surface area (Å²) in [6.07, 6.45) is 33.8. The fourth-order valence-electron chi connectivity index (χ4n) is 4.57. The molecule has 1 atom stereocenters. The molecule has 0 bridgehead atoms. The van der Waals surface area contributed by atoms with E-state index in [9.17, 15) is 0 Å². The average Bonchev–Trinajstić information content (AvgIpc) is 2.82. The van der Waals surface area contributed by atoms with Crippen molar-refractivity contribution in [2.75, 3.05) is 19.8 Å². The van der Waals surface area contributed by atoms with Crippen LogP contribution in [0.4, 0.5) is 0 Å². The van der Waals surface area contributed by atoms with E-state index in [0.717, 1.165) is 19.8 Å². The van der Waals surface area contributed by atoms with Crippen molar-refractivity contribution in [3.63, 3.8) is 0 Å². The van der Waals surface area contributed by atoms with Gasteiger partial charge < -0.3 is 9.47 Å². The van der Waals surface area contributed by atoms with Crippen LogP contribution >= 0.6 is 0 Å². The van der Waals surface area contributed by atoms with Gasteiger partial charge in [0.1, 0.15) is 0 Å². The molecule has 0 saturated heterocycles. The molecule has 0 rings (SSSR count). The van der Waals surface area contributed by atoms with E-state index in [1.54, 1.807) is 0 Å². The van der Waals surface area contributed by atoms with Crippen molar-refractivity contribution in [2.24, 2.45) is 0 Å². The number of unbranched alkanes of at least 4 members (excludes halogenated alkanes) is 22. The quantitative estimate of drug-likeness (QED) is 0.102. The summed E-state index contributed by atoms with van der Waals surface area (Å²) in [6, 6.07) is 0. The molecule has 2 nitrogen and oxygen atoms in total. The third kappa shape index (κ3) is 29.9. The van der Waals surface area contributed by atoms with Crippen LogP contribution in [0.3, 0.4) is 0 Å². The predicted molar refractivity (Wildman–Crippen MR) is 148 cm³/mol. The molecule has 2 heteroatoms. The highest BCUT2D eigenvalue weighted by atomic mass is 16.5. The summed E-state index contributed by atoms with van der Waals surface area (Å²) < 4.78 is 11.7. The minimum absolute atomic E-state index is 0.245. The van der Waals surface area contributed by atoms with Crippen molar-refractivity contribution in [2.45, 2.75) is 181 Å². The molecule has 0 amide bonds. The van der Waals surface area contributed by atoms with Crippen molar-refractivity contribution in [3.8, 4) is 0 Å². The Bertz CT molecular complexity index is 331. The van der Waals surface area contributed by atoms with E-state index >= 15 is 0 Å². The maximum atomic E-state index is 5.92. The lowest BCUT2D eigenvalue weighted by atomic mass is 10.1. The van der Waals surface area contributed by atoms with Gasteiger partial charge in [0, 0.05) is 13.2 Å². The molecule has 1 unspecified atom stereocenters. The van der Waals surface area contributed by atoms with Gasteiger partial charge in [-0.2, -0.15) is 0 Å². The molecule has 0 fully saturated rings. The van der Waals surface area contributed by atoms with E-state index in [0.29, 0.717) is 0 Å². The average molecular weight is 469 g/mol. The van der Waals surface area contributed by atoms with Gasteiger partial charge in [0.15, 0.2) is 0 Å². The Morgan fingerprint density at radius 3 is 1.06 bits per heavy atom. The fourth-order valence-corrected chi connectivity index (χ4v) is 4.57. The molecule has 0 aromatic rings. The lowest BCUT2D eigenvalue weighted by Crippen LogP contribution is -2.17. The summed E-state index contributed by atoms with van der Waals surface area (Å²) in [5.41, 5.74) is 0. The number of ether oxygens (including phenoxy) is 2. The molecule has 0 spiro atoms. The summed E-state index contributed by atoms with van der Waals surface area (Å²) in [5, 5.41) is 0. The van der Waals surface area contributed by atoms with Crippen molar-refractivity contribution >= 4 is 0 Å². The van der Waals surface area contributed by atoms with Crippen LogP contribution in [0.1, 0.15) is 175 Å². The van der Waals surface area contributed by atoms with Crippen LogP contribution in [0.25, 0.3) is 0 Å². The first-order valence-corrected chi connectivity index (χ1v) is 15.5. The van der Waals surface area contributed by atoms with Crippen molar-refractivity contribution in [1.82, 2.24) is 0 Å². The summed E-state index contributed by atoms with van der Waals surface area (Å²) >= 11 is 0. The second kappa shape index (κ2) is 30.0. The van der Waals surface area contributed by atoms with Crippen LogP contribution < -0.4 is 0 Å². The SMILES string of the molecule is CCCCCCCCCCCCCCOCC(C)OCCCCCCCCCCCCCC. The standard InChI is InChI=1S/C31H64O2/c1-4-6-8-10-12-14-16-18-20-22-24-26-28-32-30-31(3)33-29-27-25-23-21-19-17-15-13-11-9-7-5-2/h31H,4-30H2,1-3H3. The summed E-state index contributed by atoms with van der Waals surface area (Å²) in [7, 11) is 0. The van der Waals surface area contributed by atoms with Crippen molar-refractivity contribution in [3.05, 3.63) is 0 Å². The zero-order chi connectivity index (χ0) is 24.1. The highest BCUT2D eigenvalue weighted by Crippen LogP contribution is 2.13. The highest BCUT2D eigenvalue weighted by Gasteiger charge is 2.02. The minimum atomic E-state index is 0.245. The Balaban J connectivity index is 3.13. The molecule has 0 aromatic heterocycles. The van der Waals surface area contributed by atoms with E-state index in [-0.39, 0.29) is 6.10 Å². The van der Waals surface area contributed by atoms with E-state index < -0.39 is 0 Å². The Hall–Kier alpha value is -0.0800.